The van der Waals surface area contributed by atoms with Crippen molar-refractivity contribution in [1.29, 1.82) is 0 Å². The van der Waals surface area contributed by atoms with Gasteiger partial charge in [-0.25, -0.2) is 4.98 Å². The van der Waals surface area contributed by atoms with Crippen molar-refractivity contribution in [3.05, 3.63) is 41.3 Å². The van der Waals surface area contributed by atoms with Gasteiger partial charge in [-0.15, -0.1) is 0 Å². The number of oxazole rings is 1. The zero-order chi connectivity index (χ0) is 21.3. The maximum Gasteiger partial charge on any atom is 0.227 e. The SMILES string of the molecule is Cc1ccc(-c2nc(CC(=O)CC(=O)NCCCCC3CCCCC3)c(C)o2)cc1. The lowest BCUT2D eigenvalue weighted by molar-refractivity contribution is -0.127. The molecule has 0 radical (unpaired) electrons. The fourth-order valence-corrected chi connectivity index (χ4v) is 4.16. The Balaban J connectivity index is 1.37. The number of carbonyl (C=O) groups is 2. The van der Waals surface area contributed by atoms with Gasteiger partial charge in [-0.05, 0) is 38.3 Å². The van der Waals surface area contributed by atoms with Gasteiger partial charge in [-0.2, -0.15) is 0 Å². The second-order valence-electron chi connectivity index (χ2n) is 8.63. The highest BCUT2D eigenvalue weighted by molar-refractivity contribution is 5.98. The Bertz CT molecular complexity index is 833. The fraction of sp³-hybridized carbons (Fsp3) is 0.560. The smallest absolute Gasteiger partial charge is 0.227 e. The maximum atomic E-state index is 12.3. The average Bonchev–Trinajstić information content (AvgIpc) is 3.09. The lowest BCUT2D eigenvalue weighted by Gasteiger charge is -2.21. The van der Waals surface area contributed by atoms with Gasteiger partial charge in [0.1, 0.15) is 11.5 Å². The van der Waals surface area contributed by atoms with Gasteiger partial charge >= 0.3 is 0 Å². The molecule has 0 saturated heterocycles. The monoisotopic (exact) mass is 410 g/mol. The topological polar surface area (TPSA) is 72.2 Å². The van der Waals surface area contributed by atoms with Crippen molar-refractivity contribution in [1.82, 2.24) is 10.3 Å². The molecule has 1 aromatic heterocycles. The van der Waals surface area contributed by atoms with Crippen LogP contribution in [0.15, 0.2) is 28.7 Å². The van der Waals surface area contributed by atoms with Crippen molar-refractivity contribution in [3.63, 3.8) is 0 Å². The van der Waals surface area contributed by atoms with E-state index in [2.05, 4.69) is 10.3 Å². The fourth-order valence-electron chi connectivity index (χ4n) is 4.16. The van der Waals surface area contributed by atoms with E-state index >= 15 is 0 Å². The molecule has 1 heterocycles. The number of hydrogen-bond acceptors (Lipinski definition) is 4. The van der Waals surface area contributed by atoms with E-state index in [9.17, 15) is 9.59 Å². The minimum absolute atomic E-state index is 0.102. The van der Waals surface area contributed by atoms with Crippen LogP contribution in [0.5, 0.6) is 0 Å². The van der Waals surface area contributed by atoms with Gasteiger partial charge in [-0.3, -0.25) is 9.59 Å². The minimum atomic E-state index is -0.197. The van der Waals surface area contributed by atoms with Crippen LogP contribution in [0, 0.1) is 19.8 Å². The van der Waals surface area contributed by atoms with Gasteiger partial charge in [0, 0.05) is 12.1 Å². The van der Waals surface area contributed by atoms with E-state index in [4.69, 9.17) is 4.42 Å². The first-order chi connectivity index (χ1) is 14.5. The van der Waals surface area contributed by atoms with E-state index in [0.717, 1.165) is 29.9 Å². The number of Topliss-reactive ketones (excluding diaryl/α,β-unsaturated/α-hetero) is 1. The van der Waals surface area contributed by atoms with Crippen molar-refractivity contribution in [2.45, 2.75) is 78.1 Å². The van der Waals surface area contributed by atoms with E-state index in [1.807, 2.05) is 31.2 Å². The number of amides is 1. The highest BCUT2D eigenvalue weighted by Gasteiger charge is 2.17. The van der Waals surface area contributed by atoms with Gasteiger partial charge in [0.15, 0.2) is 0 Å². The first kappa shape index (κ1) is 22.3. The Labute approximate surface area is 179 Å². The second kappa shape index (κ2) is 11.1. The summed E-state index contributed by atoms with van der Waals surface area (Å²) in [6.07, 6.45) is 10.3. The Kier molecular flexibility index (Phi) is 8.23. The van der Waals surface area contributed by atoms with E-state index in [0.29, 0.717) is 23.9 Å². The first-order valence-electron chi connectivity index (χ1n) is 11.3. The Hall–Kier alpha value is -2.43. The van der Waals surface area contributed by atoms with E-state index in [1.54, 1.807) is 6.92 Å². The number of hydrogen-bond donors (Lipinski definition) is 1. The summed E-state index contributed by atoms with van der Waals surface area (Å²) in [6.45, 7) is 4.48. The molecule has 1 saturated carbocycles. The zero-order valence-electron chi connectivity index (χ0n) is 18.3. The standard InChI is InChI=1S/C25H34N2O3/c1-18-11-13-21(14-12-18)25-27-23(19(2)30-25)16-22(28)17-24(29)26-15-7-6-10-20-8-4-3-5-9-20/h11-14,20H,3-10,15-17H2,1-2H3,(H,26,29). The number of benzene rings is 1. The molecule has 2 aromatic rings. The number of unbranched alkanes of at least 4 members (excludes halogenated alkanes) is 1. The average molecular weight is 411 g/mol. The van der Waals surface area contributed by atoms with E-state index in [1.165, 1.54) is 38.5 Å². The molecule has 0 atom stereocenters. The normalized spacial score (nSPS) is 14.6. The van der Waals surface area contributed by atoms with Crippen LogP contribution in [-0.4, -0.2) is 23.2 Å². The molecule has 0 aliphatic heterocycles. The summed E-state index contributed by atoms with van der Waals surface area (Å²) >= 11 is 0. The molecule has 1 amide bonds. The summed E-state index contributed by atoms with van der Waals surface area (Å²) in [5.74, 6) is 1.69. The van der Waals surface area contributed by atoms with Crippen molar-refractivity contribution < 1.29 is 14.0 Å². The third-order valence-electron chi connectivity index (χ3n) is 6.00. The van der Waals surface area contributed by atoms with Gasteiger partial charge in [0.05, 0.1) is 18.5 Å². The molecule has 0 unspecified atom stereocenters. The van der Waals surface area contributed by atoms with Crippen LogP contribution in [0.3, 0.4) is 0 Å². The van der Waals surface area contributed by atoms with E-state index in [-0.39, 0.29) is 24.5 Å². The molecule has 1 fully saturated rings. The molecule has 0 spiro atoms. The lowest BCUT2D eigenvalue weighted by atomic mass is 9.86. The molecule has 162 valence electrons. The van der Waals surface area contributed by atoms with Crippen molar-refractivity contribution in [3.8, 4) is 11.5 Å². The highest BCUT2D eigenvalue weighted by Crippen LogP contribution is 2.27. The van der Waals surface area contributed by atoms with Crippen molar-refractivity contribution in [2.24, 2.45) is 5.92 Å². The zero-order valence-corrected chi connectivity index (χ0v) is 18.3. The van der Waals surface area contributed by atoms with Crippen LogP contribution < -0.4 is 5.32 Å². The molecule has 5 nitrogen and oxygen atoms in total. The first-order valence-corrected chi connectivity index (χ1v) is 11.3. The van der Waals surface area contributed by atoms with Gasteiger partial charge in [0.25, 0.3) is 0 Å². The largest absolute Gasteiger partial charge is 0.441 e. The third-order valence-corrected chi connectivity index (χ3v) is 6.00. The van der Waals surface area contributed by atoms with Crippen LogP contribution in [-0.2, 0) is 16.0 Å². The maximum absolute atomic E-state index is 12.3. The number of nitrogens with zero attached hydrogens (tertiary/aromatic N) is 1. The van der Waals surface area contributed by atoms with Gasteiger partial charge in [-0.1, -0.05) is 62.6 Å². The summed E-state index contributed by atoms with van der Waals surface area (Å²) in [6, 6.07) is 7.90. The Morgan fingerprint density at radius 2 is 1.80 bits per heavy atom. The number of aryl methyl sites for hydroxylation is 2. The number of nitrogens with one attached hydrogen (secondary N) is 1. The van der Waals surface area contributed by atoms with Crippen LogP contribution in [0.1, 0.15) is 74.8 Å². The van der Waals surface area contributed by atoms with Gasteiger partial charge in [0.2, 0.25) is 11.8 Å². The summed E-state index contributed by atoms with van der Waals surface area (Å²) < 4.78 is 5.72. The summed E-state index contributed by atoms with van der Waals surface area (Å²) in [7, 11) is 0. The van der Waals surface area contributed by atoms with Crippen molar-refractivity contribution in [2.75, 3.05) is 6.54 Å². The van der Waals surface area contributed by atoms with Crippen molar-refractivity contribution >= 4 is 11.7 Å². The van der Waals surface area contributed by atoms with Crippen LogP contribution >= 0.6 is 0 Å². The Morgan fingerprint density at radius 3 is 2.53 bits per heavy atom. The number of rotatable bonds is 10. The predicted molar refractivity (Wildman–Crippen MR) is 118 cm³/mol. The molecule has 3 rings (SSSR count). The van der Waals surface area contributed by atoms with Crippen LogP contribution in [0.25, 0.3) is 11.5 Å². The summed E-state index contributed by atoms with van der Waals surface area (Å²) in [5.41, 5.74) is 2.65. The molecular formula is C25H34N2O3. The number of ketones is 1. The molecule has 0 bridgehead atoms. The quantitative estimate of drug-likeness (QED) is 0.425. The van der Waals surface area contributed by atoms with Crippen LogP contribution in [0.2, 0.25) is 0 Å². The third kappa shape index (κ3) is 6.82. The summed E-state index contributed by atoms with van der Waals surface area (Å²) in [5, 5.41) is 2.88. The minimum Gasteiger partial charge on any atom is -0.441 e. The number of carbonyl (C=O) groups excluding carboxylic acids is 2. The molecular weight excluding hydrogens is 376 g/mol. The molecule has 30 heavy (non-hydrogen) atoms. The highest BCUT2D eigenvalue weighted by atomic mass is 16.4. The molecule has 1 N–H and O–H groups in total. The van der Waals surface area contributed by atoms with Crippen LogP contribution in [0.4, 0.5) is 0 Å². The summed E-state index contributed by atoms with van der Waals surface area (Å²) in [4.78, 5) is 28.9. The molecule has 1 aromatic carbocycles. The van der Waals surface area contributed by atoms with E-state index < -0.39 is 0 Å². The lowest BCUT2D eigenvalue weighted by Crippen LogP contribution is -2.27. The van der Waals surface area contributed by atoms with Gasteiger partial charge < -0.3 is 9.73 Å². The molecule has 5 heteroatoms. The number of aromatic nitrogens is 1. The molecule has 1 aliphatic rings. The Morgan fingerprint density at radius 1 is 1.07 bits per heavy atom. The predicted octanol–water partition coefficient (Wildman–Crippen LogP) is 5.33. The molecule has 1 aliphatic carbocycles. The second-order valence-corrected chi connectivity index (χ2v) is 8.63.